The third kappa shape index (κ3) is 4.05. The van der Waals surface area contributed by atoms with Gasteiger partial charge < -0.3 is 15.1 Å². The molecule has 1 aromatic heterocycles. The number of nitrogens with zero attached hydrogens (tertiary/aromatic N) is 4. The molecule has 1 atom stereocenters. The fourth-order valence-electron chi connectivity index (χ4n) is 4.34. The lowest BCUT2D eigenvalue weighted by Gasteiger charge is -2.46. The third-order valence-corrected chi connectivity index (χ3v) is 7.27. The predicted molar refractivity (Wildman–Crippen MR) is 129 cm³/mol. The largest absolute Gasteiger partial charge is 0.364 e. The van der Waals surface area contributed by atoms with E-state index in [9.17, 15) is 14.9 Å². The lowest BCUT2D eigenvalue weighted by Crippen LogP contribution is -2.56. The first-order chi connectivity index (χ1) is 16.5. The van der Waals surface area contributed by atoms with Gasteiger partial charge in [0.1, 0.15) is 6.04 Å². The molecule has 9 heteroatoms. The van der Waals surface area contributed by atoms with E-state index >= 15 is 4.39 Å². The number of anilines is 1. The van der Waals surface area contributed by atoms with Crippen LogP contribution in [0.3, 0.4) is 0 Å². The molecule has 3 aromatic rings. The molecule has 2 aromatic carbocycles. The van der Waals surface area contributed by atoms with E-state index in [1.54, 1.807) is 24.4 Å². The normalized spacial score (nSPS) is 18.9. The molecular formula is C25H22FN5O2S. The Hall–Kier alpha value is -3.64. The van der Waals surface area contributed by atoms with Crippen molar-refractivity contribution in [2.24, 2.45) is 0 Å². The Kier molecular flexibility index (Phi) is 5.84. The van der Waals surface area contributed by atoms with Crippen molar-refractivity contribution in [1.29, 1.82) is 5.26 Å². The number of carbonyl (C=O) groups is 2. The maximum atomic E-state index is 15.3. The highest BCUT2D eigenvalue weighted by molar-refractivity contribution is 7.99. The summed E-state index contributed by atoms with van der Waals surface area (Å²) in [6.45, 7) is 0.272. The molecule has 0 radical (unpaired) electrons. The van der Waals surface area contributed by atoms with Gasteiger partial charge in [0.2, 0.25) is 5.91 Å². The number of amides is 2. The monoisotopic (exact) mass is 475 g/mol. The van der Waals surface area contributed by atoms with Gasteiger partial charge in [-0.15, -0.1) is 11.8 Å². The van der Waals surface area contributed by atoms with E-state index in [1.165, 1.54) is 16.7 Å². The van der Waals surface area contributed by atoms with Gasteiger partial charge in [-0.1, -0.05) is 30.3 Å². The molecule has 0 unspecified atom stereocenters. The first kappa shape index (κ1) is 22.2. The van der Waals surface area contributed by atoms with Gasteiger partial charge in [-0.3, -0.25) is 14.6 Å². The van der Waals surface area contributed by atoms with E-state index in [4.69, 9.17) is 0 Å². The van der Waals surface area contributed by atoms with Gasteiger partial charge in [0.15, 0.2) is 5.67 Å². The van der Waals surface area contributed by atoms with E-state index in [2.05, 4.69) is 16.4 Å². The average molecular weight is 476 g/mol. The van der Waals surface area contributed by atoms with Crippen LogP contribution < -0.4 is 10.2 Å². The number of nitrogens with one attached hydrogen (secondary N) is 1. The highest BCUT2D eigenvalue weighted by Gasteiger charge is 2.45. The molecule has 2 fully saturated rings. The van der Waals surface area contributed by atoms with Crippen LogP contribution in [-0.4, -0.2) is 59.0 Å². The van der Waals surface area contributed by atoms with Gasteiger partial charge in [-0.05, 0) is 29.8 Å². The number of nitriles is 1. The van der Waals surface area contributed by atoms with E-state index in [-0.39, 0.29) is 25.5 Å². The molecule has 3 heterocycles. The quantitative estimate of drug-likeness (QED) is 0.610. The van der Waals surface area contributed by atoms with Crippen molar-refractivity contribution >= 4 is 40.2 Å². The van der Waals surface area contributed by atoms with Gasteiger partial charge in [0.05, 0.1) is 42.7 Å². The Morgan fingerprint density at radius 3 is 2.76 bits per heavy atom. The molecule has 7 nitrogen and oxygen atoms in total. The van der Waals surface area contributed by atoms with Gasteiger partial charge in [0, 0.05) is 23.0 Å². The maximum Gasteiger partial charge on any atom is 0.252 e. The van der Waals surface area contributed by atoms with E-state index in [0.717, 1.165) is 5.69 Å². The van der Waals surface area contributed by atoms with Crippen molar-refractivity contribution in [3.8, 4) is 6.07 Å². The van der Waals surface area contributed by atoms with Crippen LogP contribution in [0.15, 0.2) is 60.8 Å². The standard InChI is InChI=1S/C25H22FN5O2S/c26-25(17-4-2-1-3-5-17)14-30(15-25)18-6-7-22-21(10-18)20(8-9-28-22)24(33)29-12-23(32)31-16-34-13-19(31)11-27/h1-10,19H,12-16H2,(H,29,33)/t19-/m1/s1. The number of benzene rings is 2. The van der Waals surface area contributed by atoms with Crippen LogP contribution in [0.4, 0.5) is 10.1 Å². The van der Waals surface area contributed by atoms with E-state index < -0.39 is 17.6 Å². The summed E-state index contributed by atoms with van der Waals surface area (Å²) < 4.78 is 15.3. The number of alkyl halides is 1. The number of pyridine rings is 1. The smallest absolute Gasteiger partial charge is 0.252 e. The number of halogens is 1. The van der Waals surface area contributed by atoms with Crippen molar-refractivity contribution in [3.05, 3.63) is 71.9 Å². The summed E-state index contributed by atoms with van der Waals surface area (Å²) >= 11 is 1.52. The zero-order chi connectivity index (χ0) is 23.7. The molecular weight excluding hydrogens is 453 g/mol. The highest BCUT2D eigenvalue weighted by atomic mass is 32.2. The molecule has 2 amide bonds. The summed E-state index contributed by atoms with van der Waals surface area (Å²) in [6, 6.07) is 17.9. The number of aromatic nitrogens is 1. The fourth-order valence-corrected chi connectivity index (χ4v) is 5.44. The molecule has 2 saturated heterocycles. The second kappa shape index (κ2) is 8.95. The SMILES string of the molecule is N#C[C@@H]1CSCN1C(=O)CNC(=O)c1ccnc2ccc(N3CC(F)(c4ccccc4)C3)cc12. The summed E-state index contributed by atoms with van der Waals surface area (Å²) in [6.07, 6.45) is 1.55. The van der Waals surface area contributed by atoms with Gasteiger partial charge in [0.25, 0.3) is 5.91 Å². The van der Waals surface area contributed by atoms with Crippen LogP contribution >= 0.6 is 11.8 Å². The summed E-state index contributed by atoms with van der Waals surface area (Å²) in [5.74, 6) is 0.342. The van der Waals surface area contributed by atoms with Gasteiger partial charge >= 0.3 is 0 Å². The Labute approximate surface area is 200 Å². The van der Waals surface area contributed by atoms with Crippen molar-refractivity contribution in [1.82, 2.24) is 15.2 Å². The summed E-state index contributed by atoms with van der Waals surface area (Å²) in [7, 11) is 0. The molecule has 2 aliphatic rings. The minimum Gasteiger partial charge on any atom is -0.364 e. The van der Waals surface area contributed by atoms with Crippen molar-refractivity contribution in [2.45, 2.75) is 11.7 Å². The minimum atomic E-state index is -1.40. The van der Waals surface area contributed by atoms with Crippen LogP contribution in [0.5, 0.6) is 0 Å². The van der Waals surface area contributed by atoms with Gasteiger partial charge in [-0.2, -0.15) is 5.26 Å². The second-order valence-corrected chi connectivity index (χ2v) is 9.44. The summed E-state index contributed by atoms with van der Waals surface area (Å²) in [5.41, 5.74) is 1.09. The zero-order valence-corrected chi connectivity index (χ0v) is 19.1. The molecule has 0 spiro atoms. The number of thioether (sulfide) groups is 1. The average Bonchev–Trinajstić information content (AvgIpc) is 3.34. The topological polar surface area (TPSA) is 89.3 Å². The summed E-state index contributed by atoms with van der Waals surface area (Å²) in [5, 5.41) is 12.5. The zero-order valence-electron chi connectivity index (χ0n) is 18.3. The fraction of sp³-hybridized carbons (Fsp3) is 0.280. The van der Waals surface area contributed by atoms with Crippen LogP contribution in [0.2, 0.25) is 0 Å². The van der Waals surface area contributed by atoms with Crippen molar-refractivity contribution < 1.29 is 14.0 Å². The third-order valence-electron chi connectivity index (χ3n) is 6.26. The molecule has 0 aliphatic carbocycles. The predicted octanol–water partition coefficient (Wildman–Crippen LogP) is 3.07. The first-order valence-electron chi connectivity index (χ1n) is 10.9. The van der Waals surface area contributed by atoms with Crippen LogP contribution in [-0.2, 0) is 10.5 Å². The lowest BCUT2D eigenvalue weighted by molar-refractivity contribution is -0.129. The van der Waals surface area contributed by atoms with Crippen LogP contribution in [0, 0.1) is 11.3 Å². The molecule has 172 valence electrons. The molecule has 5 rings (SSSR count). The first-order valence-corrected chi connectivity index (χ1v) is 12.1. The minimum absolute atomic E-state index is 0.186. The number of hydrogen-bond acceptors (Lipinski definition) is 6. The maximum absolute atomic E-state index is 15.3. The van der Waals surface area contributed by atoms with Gasteiger partial charge in [-0.25, -0.2) is 4.39 Å². The van der Waals surface area contributed by atoms with Crippen molar-refractivity contribution in [2.75, 3.05) is 36.2 Å². The number of fused-ring (bicyclic) bond motifs is 1. The molecule has 34 heavy (non-hydrogen) atoms. The number of rotatable bonds is 5. The summed E-state index contributed by atoms with van der Waals surface area (Å²) in [4.78, 5) is 33.1. The van der Waals surface area contributed by atoms with E-state index in [1.807, 2.05) is 41.3 Å². The van der Waals surface area contributed by atoms with E-state index in [0.29, 0.717) is 33.7 Å². The second-order valence-electron chi connectivity index (χ2n) is 8.44. The molecule has 0 saturated carbocycles. The highest BCUT2D eigenvalue weighted by Crippen LogP contribution is 2.39. The molecule has 0 bridgehead atoms. The number of hydrogen-bond donors (Lipinski definition) is 1. The Balaban J connectivity index is 1.31. The number of carbonyl (C=O) groups excluding carboxylic acids is 2. The molecule has 1 N–H and O–H groups in total. The Morgan fingerprint density at radius 2 is 2.00 bits per heavy atom. The Bertz CT molecular complexity index is 1290. The van der Waals surface area contributed by atoms with Crippen LogP contribution in [0.1, 0.15) is 15.9 Å². The van der Waals surface area contributed by atoms with Crippen molar-refractivity contribution in [3.63, 3.8) is 0 Å². The van der Waals surface area contributed by atoms with Crippen LogP contribution in [0.25, 0.3) is 10.9 Å². The lowest BCUT2D eigenvalue weighted by atomic mass is 9.87. The Morgan fingerprint density at radius 1 is 1.21 bits per heavy atom. The molecule has 2 aliphatic heterocycles.